The molecular weight excluding hydrogens is 404 g/mol. The van der Waals surface area contributed by atoms with E-state index in [0.717, 1.165) is 12.0 Å². The molecule has 0 radical (unpaired) electrons. The van der Waals surface area contributed by atoms with Gasteiger partial charge in [-0.05, 0) is 31.5 Å². The van der Waals surface area contributed by atoms with Crippen LogP contribution in [0.25, 0.3) is 0 Å². The maximum absolute atomic E-state index is 13.0. The zero-order valence-electron chi connectivity index (χ0n) is 18.1. The summed E-state index contributed by atoms with van der Waals surface area (Å²) in [5.74, 6) is -0.0463. The molecule has 0 spiro atoms. The number of nitrogens with zero attached hydrogens (tertiary/aromatic N) is 1. The molecule has 1 saturated heterocycles. The molecule has 0 bridgehead atoms. The summed E-state index contributed by atoms with van der Waals surface area (Å²) in [6, 6.07) is 19.2. The van der Waals surface area contributed by atoms with Crippen LogP contribution in [0.4, 0.5) is 11.4 Å². The Morgan fingerprint density at radius 1 is 0.969 bits per heavy atom. The molecule has 32 heavy (non-hydrogen) atoms. The zero-order chi connectivity index (χ0) is 22.7. The predicted molar refractivity (Wildman–Crippen MR) is 124 cm³/mol. The van der Waals surface area contributed by atoms with Crippen molar-refractivity contribution in [3.05, 3.63) is 89.0 Å². The molecule has 1 fully saturated rings. The lowest BCUT2D eigenvalue weighted by Gasteiger charge is -2.20. The van der Waals surface area contributed by atoms with Crippen LogP contribution in [-0.4, -0.2) is 31.3 Å². The third-order valence-electron chi connectivity index (χ3n) is 5.53. The van der Waals surface area contributed by atoms with E-state index in [2.05, 4.69) is 5.32 Å². The van der Waals surface area contributed by atoms with Crippen LogP contribution in [0.15, 0.2) is 66.7 Å². The minimum Gasteiger partial charge on any atom is -0.494 e. The van der Waals surface area contributed by atoms with Gasteiger partial charge in [-0.1, -0.05) is 48.0 Å². The smallest absolute Gasteiger partial charge is 0.256 e. The number of benzene rings is 3. The SMILES string of the molecule is COc1cc(NC(=O)c2ccccc2C(=O)c2ccc(C)cc2)ccc1N1CCCC1=O. The summed E-state index contributed by atoms with van der Waals surface area (Å²) in [5.41, 5.74) is 3.40. The fourth-order valence-corrected chi connectivity index (χ4v) is 3.82. The van der Waals surface area contributed by atoms with Crippen molar-refractivity contribution in [3.63, 3.8) is 0 Å². The third kappa shape index (κ3) is 4.25. The van der Waals surface area contributed by atoms with Crippen molar-refractivity contribution in [2.45, 2.75) is 19.8 Å². The van der Waals surface area contributed by atoms with Crippen molar-refractivity contribution in [2.75, 3.05) is 23.9 Å². The molecule has 3 aromatic rings. The summed E-state index contributed by atoms with van der Waals surface area (Å²) >= 11 is 0. The Labute approximate surface area is 186 Å². The summed E-state index contributed by atoms with van der Waals surface area (Å²) in [4.78, 5) is 39.9. The van der Waals surface area contributed by atoms with Crippen molar-refractivity contribution in [3.8, 4) is 5.75 Å². The molecule has 6 nitrogen and oxygen atoms in total. The topological polar surface area (TPSA) is 75.7 Å². The highest BCUT2D eigenvalue weighted by Gasteiger charge is 2.25. The number of ether oxygens (including phenoxy) is 1. The maximum Gasteiger partial charge on any atom is 0.256 e. The molecule has 0 saturated carbocycles. The molecular formula is C26H24N2O4. The predicted octanol–water partition coefficient (Wildman–Crippen LogP) is 4.61. The van der Waals surface area contributed by atoms with E-state index in [1.807, 2.05) is 19.1 Å². The van der Waals surface area contributed by atoms with E-state index < -0.39 is 5.91 Å². The van der Waals surface area contributed by atoms with E-state index in [1.165, 1.54) is 7.11 Å². The second-order valence-corrected chi connectivity index (χ2v) is 7.73. The number of aryl methyl sites for hydroxylation is 1. The van der Waals surface area contributed by atoms with Gasteiger partial charge in [-0.2, -0.15) is 0 Å². The van der Waals surface area contributed by atoms with Crippen LogP contribution in [0, 0.1) is 6.92 Å². The molecule has 1 N–H and O–H groups in total. The van der Waals surface area contributed by atoms with Gasteiger partial charge in [0.15, 0.2) is 5.78 Å². The fourth-order valence-electron chi connectivity index (χ4n) is 3.82. The first-order chi connectivity index (χ1) is 15.5. The van der Waals surface area contributed by atoms with Crippen LogP contribution >= 0.6 is 0 Å². The van der Waals surface area contributed by atoms with Gasteiger partial charge >= 0.3 is 0 Å². The van der Waals surface area contributed by atoms with Crippen molar-refractivity contribution >= 4 is 29.0 Å². The number of hydrogen-bond donors (Lipinski definition) is 1. The third-order valence-corrected chi connectivity index (χ3v) is 5.53. The normalized spacial score (nSPS) is 13.2. The Bertz CT molecular complexity index is 1180. The Morgan fingerprint density at radius 3 is 2.34 bits per heavy atom. The molecule has 0 atom stereocenters. The number of methoxy groups -OCH3 is 1. The van der Waals surface area contributed by atoms with Gasteiger partial charge < -0.3 is 15.0 Å². The highest BCUT2D eigenvalue weighted by Crippen LogP contribution is 2.34. The quantitative estimate of drug-likeness (QED) is 0.582. The molecule has 3 aromatic carbocycles. The van der Waals surface area contributed by atoms with Crippen molar-refractivity contribution < 1.29 is 19.1 Å². The Kier molecular flexibility index (Phi) is 6.03. The first-order valence-corrected chi connectivity index (χ1v) is 10.5. The standard InChI is InChI=1S/C26H24N2O4/c1-17-9-11-18(12-10-17)25(30)20-6-3-4-7-21(20)26(31)27-19-13-14-22(23(16-19)32-2)28-15-5-8-24(28)29/h3-4,6-7,9-14,16H,5,8,15H2,1-2H3,(H,27,31). The van der Waals surface area contributed by atoms with Crippen molar-refractivity contribution in [1.82, 2.24) is 0 Å². The fraction of sp³-hybridized carbons (Fsp3) is 0.192. The van der Waals surface area contributed by atoms with E-state index in [-0.39, 0.29) is 17.3 Å². The number of carbonyl (C=O) groups excluding carboxylic acids is 3. The van der Waals surface area contributed by atoms with E-state index >= 15 is 0 Å². The average Bonchev–Trinajstić information content (AvgIpc) is 3.24. The van der Waals surface area contributed by atoms with Crippen LogP contribution < -0.4 is 15.0 Å². The number of carbonyl (C=O) groups is 3. The molecule has 6 heteroatoms. The van der Waals surface area contributed by atoms with Crippen LogP contribution in [0.5, 0.6) is 5.75 Å². The van der Waals surface area contributed by atoms with Crippen LogP contribution in [0.1, 0.15) is 44.7 Å². The number of ketones is 1. The van der Waals surface area contributed by atoms with Gasteiger partial charge in [0.25, 0.3) is 5.91 Å². The Hall–Kier alpha value is -3.93. The molecule has 0 aromatic heterocycles. The first kappa shape index (κ1) is 21.3. The number of rotatable bonds is 6. The summed E-state index contributed by atoms with van der Waals surface area (Å²) in [6.45, 7) is 2.60. The summed E-state index contributed by atoms with van der Waals surface area (Å²) < 4.78 is 5.46. The summed E-state index contributed by atoms with van der Waals surface area (Å²) in [7, 11) is 1.53. The van der Waals surface area contributed by atoms with Gasteiger partial charge in [0, 0.05) is 35.8 Å². The highest BCUT2D eigenvalue weighted by molar-refractivity contribution is 6.17. The molecule has 1 aliphatic heterocycles. The van der Waals surface area contributed by atoms with Gasteiger partial charge in [0.2, 0.25) is 5.91 Å². The largest absolute Gasteiger partial charge is 0.494 e. The number of nitrogens with one attached hydrogen (secondary N) is 1. The Balaban J connectivity index is 1.59. The van der Waals surface area contributed by atoms with Gasteiger partial charge in [-0.25, -0.2) is 0 Å². The second kappa shape index (κ2) is 9.06. The van der Waals surface area contributed by atoms with Crippen molar-refractivity contribution in [2.24, 2.45) is 0 Å². The minimum atomic E-state index is -0.395. The molecule has 2 amide bonds. The zero-order valence-corrected chi connectivity index (χ0v) is 18.1. The molecule has 0 aliphatic carbocycles. The molecule has 0 unspecified atom stereocenters. The maximum atomic E-state index is 13.0. The van der Waals surface area contributed by atoms with E-state index in [4.69, 9.17) is 4.74 Å². The van der Waals surface area contributed by atoms with Gasteiger partial charge in [0.1, 0.15) is 5.75 Å². The Morgan fingerprint density at radius 2 is 1.69 bits per heavy atom. The van der Waals surface area contributed by atoms with Gasteiger partial charge in [-0.3, -0.25) is 14.4 Å². The summed E-state index contributed by atoms with van der Waals surface area (Å²) in [6.07, 6.45) is 1.33. The van der Waals surface area contributed by atoms with E-state index in [0.29, 0.717) is 41.2 Å². The van der Waals surface area contributed by atoms with Crippen LogP contribution in [0.3, 0.4) is 0 Å². The van der Waals surface area contributed by atoms with Crippen molar-refractivity contribution in [1.29, 1.82) is 0 Å². The first-order valence-electron chi connectivity index (χ1n) is 10.5. The number of hydrogen-bond acceptors (Lipinski definition) is 4. The molecule has 1 heterocycles. The lowest BCUT2D eigenvalue weighted by Crippen LogP contribution is -2.24. The van der Waals surface area contributed by atoms with Gasteiger partial charge in [0.05, 0.1) is 18.4 Å². The minimum absolute atomic E-state index is 0.0589. The van der Waals surface area contributed by atoms with E-state index in [1.54, 1.807) is 59.5 Å². The van der Waals surface area contributed by atoms with Gasteiger partial charge in [-0.15, -0.1) is 0 Å². The molecule has 162 valence electrons. The average molecular weight is 428 g/mol. The van der Waals surface area contributed by atoms with Crippen LogP contribution in [0.2, 0.25) is 0 Å². The molecule has 1 aliphatic rings. The van der Waals surface area contributed by atoms with Crippen LogP contribution in [-0.2, 0) is 4.79 Å². The van der Waals surface area contributed by atoms with E-state index in [9.17, 15) is 14.4 Å². The summed E-state index contributed by atoms with van der Waals surface area (Å²) in [5, 5.41) is 2.84. The molecule has 4 rings (SSSR count). The second-order valence-electron chi connectivity index (χ2n) is 7.73. The number of amides is 2. The monoisotopic (exact) mass is 428 g/mol. The highest BCUT2D eigenvalue weighted by atomic mass is 16.5. The lowest BCUT2D eigenvalue weighted by molar-refractivity contribution is -0.117. The lowest BCUT2D eigenvalue weighted by atomic mass is 9.97. The number of anilines is 2.